The molecule has 2 N–H and O–H groups in total. The van der Waals surface area contributed by atoms with Crippen LogP contribution in [0.2, 0.25) is 0 Å². The summed E-state index contributed by atoms with van der Waals surface area (Å²) in [7, 11) is 1.72. The lowest BCUT2D eigenvalue weighted by atomic mass is 9.82. The minimum atomic E-state index is -0.726. The van der Waals surface area contributed by atoms with Crippen molar-refractivity contribution in [3.8, 4) is 0 Å². The van der Waals surface area contributed by atoms with Crippen molar-refractivity contribution in [3.05, 3.63) is 0 Å². The third-order valence-corrected chi connectivity index (χ3v) is 3.15. The van der Waals surface area contributed by atoms with Crippen LogP contribution in [0.5, 0.6) is 0 Å². The van der Waals surface area contributed by atoms with E-state index in [4.69, 9.17) is 5.11 Å². The molecule has 1 unspecified atom stereocenters. The minimum Gasteiger partial charge on any atom is -0.480 e. The zero-order valence-electron chi connectivity index (χ0n) is 8.47. The van der Waals surface area contributed by atoms with E-state index >= 15 is 0 Å². The smallest absolute Gasteiger partial charge is 0.320 e. The molecule has 0 radical (unpaired) electrons. The summed E-state index contributed by atoms with van der Waals surface area (Å²) >= 11 is 0. The van der Waals surface area contributed by atoms with Gasteiger partial charge in [0.25, 0.3) is 0 Å². The van der Waals surface area contributed by atoms with Crippen molar-refractivity contribution >= 4 is 5.97 Å². The molecule has 76 valence electrons. The first-order valence-corrected chi connectivity index (χ1v) is 4.97. The van der Waals surface area contributed by atoms with Crippen LogP contribution in [-0.2, 0) is 4.79 Å². The fourth-order valence-electron chi connectivity index (χ4n) is 2.24. The quantitative estimate of drug-likeness (QED) is 0.700. The first-order chi connectivity index (χ1) is 6.07. The molecule has 0 amide bonds. The van der Waals surface area contributed by atoms with Crippen molar-refractivity contribution in [3.63, 3.8) is 0 Å². The molecule has 0 bridgehead atoms. The lowest BCUT2D eigenvalue weighted by Crippen LogP contribution is -2.38. The van der Waals surface area contributed by atoms with Crippen LogP contribution in [0.3, 0.4) is 0 Å². The summed E-state index contributed by atoms with van der Waals surface area (Å²) in [6, 6.07) is -0.372. The van der Waals surface area contributed by atoms with Crippen molar-refractivity contribution in [1.29, 1.82) is 0 Å². The first-order valence-electron chi connectivity index (χ1n) is 4.97. The Balaban J connectivity index is 2.49. The number of hydrogen-bond donors (Lipinski definition) is 2. The molecule has 0 aromatic carbocycles. The topological polar surface area (TPSA) is 49.3 Å². The fraction of sp³-hybridized carbons (Fsp3) is 0.900. The van der Waals surface area contributed by atoms with E-state index in [-0.39, 0.29) is 11.5 Å². The van der Waals surface area contributed by atoms with Gasteiger partial charge in [-0.3, -0.25) is 4.79 Å². The van der Waals surface area contributed by atoms with Crippen molar-refractivity contribution < 1.29 is 9.90 Å². The van der Waals surface area contributed by atoms with Gasteiger partial charge in [0.1, 0.15) is 6.04 Å². The van der Waals surface area contributed by atoms with Gasteiger partial charge in [-0.25, -0.2) is 0 Å². The molecule has 13 heavy (non-hydrogen) atoms. The van der Waals surface area contributed by atoms with E-state index in [9.17, 15) is 4.79 Å². The highest BCUT2D eigenvalue weighted by molar-refractivity contribution is 5.73. The first kappa shape index (κ1) is 10.5. The van der Waals surface area contributed by atoms with Gasteiger partial charge in [0, 0.05) is 0 Å². The van der Waals surface area contributed by atoms with Crippen LogP contribution in [0.15, 0.2) is 0 Å². The maximum absolute atomic E-state index is 10.8. The molecule has 0 spiro atoms. The van der Waals surface area contributed by atoms with Crippen LogP contribution in [0, 0.1) is 5.41 Å². The van der Waals surface area contributed by atoms with E-state index in [2.05, 4.69) is 12.2 Å². The Hall–Kier alpha value is -0.570. The molecular weight excluding hydrogens is 166 g/mol. The highest BCUT2D eigenvalue weighted by Crippen LogP contribution is 2.41. The van der Waals surface area contributed by atoms with Gasteiger partial charge in [0.05, 0.1) is 0 Å². The number of aliphatic carboxylic acids is 1. The van der Waals surface area contributed by atoms with Gasteiger partial charge in [-0.15, -0.1) is 0 Å². The standard InChI is InChI=1S/C10H19NO2/c1-10(5-3-4-6-10)7-8(11-2)9(12)13/h8,11H,3-7H2,1-2H3,(H,12,13). The average Bonchev–Trinajstić information content (AvgIpc) is 2.48. The van der Waals surface area contributed by atoms with Gasteiger partial charge in [-0.1, -0.05) is 19.8 Å². The molecule has 0 aromatic rings. The normalized spacial score (nSPS) is 22.9. The van der Waals surface area contributed by atoms with Crippen LogP contribution in [0.25, 0.3) is 0 Å². The highest BCUT2D eigenvalue weighted by Gasteiger charge is 2.33. The zero-order valence-corrected chi connectivity index (χ0v) is 8.47. The second kappa shape index (κ2) is 4.09. The van der Waals surface area contributed by atoms with Crippen LogP contribution < -0.4 is 5.32 Å². The predicted octanol–water partition coefficient (Wildman–Crippen LogP) is 1.63. The Morgan fingerprint density at radius 3 is 2.46 bits per heavy atom. The van der Waals surface area contributed by atoms with E-state index in [1.54, 1.807) is 7.05 Å². The molecule has 3 nitrogen and oxygen atoms in total. The molecular formula is C10H19NO2. The molecule has 1 saturated carbocycles. The monoisotopic (exact) mass is 185 g/mol. The number of carboxylic acid groups (broad SMARTS) is 1. The Morgan fingerprint density at radius 2 is 2.08 bits per heavy atom. The summed E-state index contributed by atoms with van der Waals surface area (Å²) in [5.41, 5.74) is 0.256. The number of nitrogens with one attached hydrogen (secondary N) is 1. The van der Waals surface area contributed by atoms with E-state index < -0.39 is 5.97 Å². The maximum atomic E-state index is 10.8. The van der Waals surface area contributed by atoms with Crippen molar-refractivity contribution in [1.82, 2.24) is 5.32 Å². The van der Waals surface area contributed by atoms with E-state index in [0.29, 0.717) is 0 Å². The van der Waals surface area contributed by atoms with Crippen LogP contribution in [-0.4, -0.2) is 24.2 Å². The second-order valence-corrected chi connectivity index (χ2v) is 4.40. The summed E-state index contributed by atoms with van der Waals surface area (Å²) in [4.78, 5) is 10.8. The summed E-state index contributed by atoms with van der Waals surface area (Å²) < 4.78 is 0. The van der Waals surface area contributed by atoms with Crippen LogP contribution in [0.1, 0.15) is 39.0 Å². The number of hydrogen-bond acceptors (Lipinski definition) is 2. The van der Waals surface area contributed by atoms with Crippen molar-refractivity contribution in [2.24, 2.45) is 5.41 Å². The van der Waals surface area contributed by atoms with Crippen molar-refractivity contribution in [2.75, 3.05) is 7.05 Å². The number of carbonyl (C=O) groups is 1. The zero-order chi connectivity index (χ0) is 9.90. The molecule has 1 aliphatic carbocycles. The lowest BCUT2D eigenvalue weighted by Gasteiger charge is -2.26. The molecule has 0 saturated heterocycles. The third-order valence-electron chi connectivity index (χ3n) is 3.15. The number of carboxylic acids is 1. The fourth-order valence-corrected chi connectivity index (χ4v) is 2.24. The Morgan fingerprint density at radius 1 is 1.54 bits per heavy atom. The largest absolute Gasteiger partial charge is 0.480 e. The van der Waals surface area contributed by atoms with Gasteiger partial charge in [-0.05, 0) is 31.7 Å². The maximum Gasteiger partial charge on any atom is 0.320 e. The SMILES string of the molecule is CNC(CC1(C)CCCC1)C(=O)O. The minimum absolute atomic E-state index is 0.256. The van der Waals surface area contributed by atoms with Gasteiger partial charge in [0.15, 0.2) is 0 Å². The second-order valence-electron chi connectivity index (χ2n) is 4.40. The van der Waals surface area contributed by atoms with Gasteiger partial charge in [0.2, 0.25) is 0 Å². The lowest BCUT2D eigenvalue weighted by molar-refractivity contribution is -0.140. The molecule has 0 heterocycles. The molecule has 0 aromatic heterocycles. The van der Waals surface area contributed by atoms with E-state index in [1.807, 2.05) is 0 Å². The highest BCUT2D eigenvalue weighted by atomic mass is 16.4. The third kappa shape index (κ3) is 2.69. The molecule has 1 fully saturated rings. The molecule has 1 aliphatic rings. The van der Waals surface area contributed by atoms with E-state index in [1.165, 1.54) is 25.7 Å². The molecule has 3 heteroatoms. The molecule has 1 atom stereocenters. The van der Waals surface area contributed by atoms with Gasteiger partial charge >= 0.3 is 5.97 Å². The molecule has 0 aliphatic heterocycles. The van der Waals surface area contributed by atoms with Gasteiger partial charge in [-0.2, -0.15) is 0 Å². The number of rotatable bonds is 4. The van der Waals surface area contributed by atoms with Crippen LogP contribution in [0.4, 0.5) is 0 Å². The number of likely N-dealkylation sites (N-methyl/N-ethyl adjacent to an activating group) is 1. The van der Waals surface area contributed by atoms with E-state index in [0.717, 1.165) is 6.42 Å². The Kier molecular flexibility index (Phi) is 3.31. The van der Waals surface area contributed by atoms with Gasteiger partial charge < -0.3 is 10.4 Å². The molecule has 1 rings (SSSR count). The Bertz CT molecular complexity index is 185. The summed E-state index contributed by atoms with van der Waals surface area (Å²) in [5.74, 6) is -0.726. The van der Waals surface area contributed by atoms with Crippen molar-refractivity contribution in [2.45, 2.75) is 45.1 Å². The average molecular weight is 185 g/mol. The van der Waals surface area contributed by atoms with Crippen LogP contribution >= 0.6 is 0 Å². The summed E-state index contributed by atoms with van der Waals surface area (Å²) in [6.07, 6.45) is 5.63. The summed E-state index contributed by atoms with van der Waals surface area (Å²) in [5, 5.41) is 11.7. The Labute approximate surface area is 79.5 Å². The summed E-state index contributed by atoms with van der Waals surface area (Å²) in [6.45, 7) is 2.20. The predicted molar refractivity (Wildman–Crippen MR) is 51.7 cm³/mol.